The zero-order valence-electron chi connectivity index (χ0n) is 8.21. The zero-order valence-corrected chi connectivity index (χ0v) is 8.21. The number of carbonyl (C=O) groups excluding carboxylic acids is 1. The largest absolute Gasteiger partial charge is 0.387 e. The molecule has 0 aliphatic carbocycles. The summed E-state index contributed by atoms with van der Waals surface area (Å²) in [4.78, 5) is 11.0. The summed E-state index contributed by atoms with van der Waals surface area (Å²) in [5, 5.41) is 16.7. The molecule has 1 aromatic rings. The fourth-order valence-corrected chi connectivity index (χ4v) is 1.15. The Bertz CT molecular complexity index is 321. The normalized spacial score (nSPS) is 15.1. The number of amides is 1. The molecule has 1 amide bonds. The molecule has 14 heavy (non-hydrogen) atoms. The molecule has 0 spiro atoms. The average Bonchev–Trinajstić information content (AvgIpc) is 2.53. The summed E-state index contributed by atoms with van der Waals surface area (Å²) in [6.07, 6.45) is 1.40. The minimum atomic E-state index is -0.686. The lowest BCUT2D eigenvalue weighted by atomic mass is 10.2. The number of hydrogen-bond acceptors (Lipinski definition) is 4. The number of rotatable bonds is 4. The van der Waals surface area contributed by atoms with E-state index in [0.29, 0.717) is 12.1 Å². The van der Waals surface area contributed by atoms with Crippen molar-refractivity contribution < 1.29 is 9.90 Å². The molecule has 0 saturated carbocycles. The fourth-order valence-electron chi connectivity index (χ4n) is 1.15. The van der Waals surface area contributed by atoms with Gasteiger partial charge in [0.15, 0.2) is 0 Å². The third-order valence-corrected chi connectivity index (χ3v) is 1.99. The van der Waals surface area contributed by atoms with Gasteiger partial charge in [-0.3, -0.25) is 4.79 Å². The van der Waals surface area contributed by atoms with Gasteiger partial charge < -0.3 is 10.8 Å². The zero-order chi connectivity index (χ0) is 10.7. The van der Waals surface area contributed by atoms with Crippen molar-refractivity contribution in [1.82, 2.24) is 15.0 Å². The highest BCUT2D eigenvalue weighted by Crippen LogP contribution is 2.12. The van der Waals surface area contributed by atoms with Crippen molar-refractivity contribution in [3.8, 4) is 0 Å². The summed E-state index contributed by atoms with van der Waals surface area (Å²) in [7, 11) is 0. The Morgan fingerprint density at radius 1 is 1.79 bits per heavy atom. The SMILES string of the molecule is CCC(C(N)=O)n1cc(C(C)O)nn1. The Hall–Kier alpha value is -1.43. The van der Waals surface area contributed by atoms with Gasteiger partial charge in [0, 0.05) is 0 Å². The summed E-state index contributed by atoms with van der Waals surface area (Å²) in [5.74, 6) is -0.449. The number of nitrogens with two attached hydrogens (primary N) is 1. The maximum Gasteiger partial charge on any atom is 0.242 e. The maximum atomic E-state index is 11.0. The lowest BCUT2D eigenvalue weighted by Crippen LogP contribution is -2.26. The van der Waals surface area contributed by atoms with Gasteiger partial charge in [-0.05, 0) is 13.3 Å². The van der Waals surface area contributed by atoms with E-state index in [0.717, 1.165) is 0 Å². The fraction of sp³-hybridized carbons (Fsp3) is 0.625. The lowest BCUT2D eigenvalue weighted by molar-refractivity contribution is -0.121. The number of hydrogen-bond donors (Lipinski definition) is 2. The molecule has 0 radical (unpaired) electrons. The number of aliphatic hydroxyl groups excluding tert-OH is 1. The second-order valence-corrected chi connectivity index (χ2v) is 3.13. The number of nitrogens with zero attached hydrogens (tertiary/aromatic N) is 3. The quantitative estimate of drug-likeness (QED) is 0.698. The first-order chi connectivity index (χ1) is 6.56. The molecule has 3 N–H and O–H groups in total. The van der Waals surface area contributed by atoms with E-state index in [9.17, 15) is 9.90 Å². The Labute approximate surface area is 81.7 Å². The Morgan fingerprint density at radius 3 is 2.79 bits per heavy atom. The Balaban J connectivity index is 2.89. The number of aromatic nitrogens is 3. The van der Waals surface area contributed by atoms with E-state index < -0.39 is 18.1 Å². The van der Waals surface area contributed by atoms with Crippen LogP contribution in [0.5, 0.6) is 0 Å². The Morgan fingerprint density at radius 2 is 2.43 bits per heavy atom. The predicted octanol–water partition coefficient (Wildman–Crippen LogP) is -0.232. The second kappa shape index (κ2) is 4.19. The van der Waals surface area contributed by atoms with E-state index in [4.69, 9.17) is 5.73 Å². The minimum absolute atomic E-state index is 0.435. The molecular formula is C8H14N4O2. The van der Waals surface area contributed by atoms with Crippen LogP contribution in [0.1, 0.15) is 38.1 Å². The van der Waals surface area contributed by atoms with Gasteiger partial charge >= 0.3 is 0 Å². The van der Waals surface area contributed by atoms with Crippen LogP contribution < -0.4 is 5.73 Å². The first-order valence-corrected chi connectivity index (χ1v) is 4.45. The molecule has 78 valence electrons. The molecule has 0 aliphatic rings. The molecule has 6 nitrogen and oxygen atoms in total. The molecule has 0 aliphatic heterocycles. The number of aliphatic hydroxyl groups is 1. The summed E-state index contributed by atoms with van der Waals surface area (Å²) >= 11 is 0. The van der Waals surface area contributed by atoms with Crippen molar-refractivity contribution in [2.24, 2.45) is 5.73 Å². The van der Waals surface area contributed by atoms with Crippen molar-refractivity contribution in [3.63, 3.8) is 0 Å². The minimum Gasteiger partial charge on any atom is -0.387 e. The highest BCUT2D eigenvalue weighted by atomic mass is 16.3. The maximum absolute atomic E-state index is 11.0. The monoisotopic (exact) mass is 198 g/mol. The van der Waals surface area contributed by atoms with Crippen molar-refractivity contribution in [3.05, 3.63) is 11.9 Å². The number of primary amides is 1. The molecule has 2 unspecified atom stereocenters. The topological polar surface area (TPSA) is 94.0 Å². The van der Waals surface area contributed by atoms with Crippen LogP contribution in [0.4, 0.5) is 0 Å². The standard InChI is InChI=1S/C8H14N4O2/c1-3-7(8(9)14)12-4-6(5(2)13)10-11-12/h4-5,7,13H,3H2,1-2H3,(H2,9,14). The third kappa shape index (κ3) is 2.08. The van der Waals surface area contributed by atoms with E-state index in [1.54, 1.807) is 6.92 Å². The van der Waals surface area contributed by atoms with Gasteiger partial charge in [-0.2, -0.15) is 0 Å². The van der Waals surface area contributed by atoms with E-state index in [1.807, 2.05) is 6.92 Å². The Kier molecular flexibility index (Phi) is 3.19. The van der Waals surface area contributed by atoms with Crippen molar-refractivity contribution >= 4 is 5.91 Å². The van der Waals surface area contributed by atoms with E-state index >= 15 is 0 Å². The van der Waals surface area contributed by atoms with Gasteiger partial charge in [-0.15, -0.1) is 5.10 Å². The second-order valence-electron chi connectivity index (χ2n) is 3.13. The van der Waals surface area contributed by atoms with Gasteiger partial charge in [0.2, 0.25) is 5.91 Å². The van der Waals surface area contributed by atoms with E-state index in [1.165, 1.54) is 10.9 Å². The molecule has 2 atom stereocenters. The van der Waals surface area contributed by atoms with E-state index in [2.05, 4.69) is 10.3 Å². The third-order valence-electron chi connectivity index (χ3n) is 1.99. The van der Waals surface area contributed by atoms with Crippen LogP contribution in [-0.2, 0) is 4.79 Å². The van der Waals surface area contributed by atoms with Crippen LogP contribution in [0.25, 0.3) is 0 Å². The van der Waals surface area contributed by atoms with Gasteiger partial charge in [-0.1, -0.05) is 12.1 Å². The van der Waals surface area contributed by atoms with Crippen molar-refractivity contribution in [2.75, 3.05) is 0 Å². The molecule has 0 aromatic carbocycles. The van der Waals surface area contributed by atoms with Crippen LogP contribution in [-0.4, -0.2) is 26.0 Å². The van der Waals surface area contributed by atoms with Crippen molar-refractivity contribution in [2.45, 2.75) is 32.4 Å². The molecule has 1 aromatic heterocycles. The highest BCUT2D eigenvalue weighted by Gasteiger charge is 2.17. The molecule has 0 saturated heterocycles. The molecule has 0 bridgehead atoms. The summed E-state index contributed by atoms with van der Waals surface area (Å²) < 4.78 is 1.38. The molecular weight excluding hydrogens is 184 g/mol. The highest BCUT2D eigenvalue weighted by molar-refractivity contribution is 5.78. The molecule has 6 heteroatoms. The van der Waals surface area contributed by atoms with Gasteiger partial charge in [0.25, 0.3) is 0 Å². The smallest absolute Gasteiger partial charge is 0.242 e. The van der Waals surface area contributed by atoms with Crippen LogP contribution in [0, 0.1) is 0 Å². The average molecular weight is 198 g/mol. The van der Waals surface area contributed by atoms with Crippen LogP contribution >= 0.6 is 0 Å². The predicted molar refractivity (Wildman–Crippen MR) is 49.2 cm³/mol. The van der Waals surface area contributed by atoms with Crippen LogP contribution in [0.3, 0.4) is 0 Å². The van der Waals surface area contributed by atoms with Crippen molar-refractivity contribution in [1.29, 1.82) is 0 Å². The van der Waals surface area contributed by atoms with Gasteiger partial charge in [-0.25, -0.2) is 4.68 Å². The molecule has 0 fully saturated rings. The number of carbonyl (C=O) groups is 1. The summed E-state index contributed by atoms with van der Waals surface area (Å²) in [6.45, 7) is 3.42. The molecule has 1 rings (SSSR count). The van der Waals surface area contributed by atoms with Gasteiger partial charge in [0.05, 0.1) is 12.3 Å². The van der Waals surface area contributed by atoms with E-state index in [-0.39, 0.29) is 0 Å². The van der Waals surface area contributed by atoms with Gasteiger partial charge in [0.1, 0.15) is 11.7 Å². The van der Waals surface area contributed by atoms with Crippen LogP contribution in [0.2, 0.25) is 0 Å². The lowest BCUT2D eigenvalue weighted by Gasteiger charge is -2.09. The van der Waals surface area contributed by atoms with Crippen LogP contribution in [0.15, 0.2) is 6.20 Å². The summed E-state index contributed by atoms with van der Waals surface area (Å²) in [6, 6.07) is -0.491. The first kappa shape index (κ1) is 10.6. The summed E-state index contributed by atoms with van der Waals surface area (Å²) in [5.41, 5.74) is 5.61. The first-order valence-electron chi connectivity index (χ1n) is 4.45. The molecule has 1 heterocycles.